The molecule has 146 valence electrons. The van der Waals surface area contributed by atoms with Crippen LogP contribution in [0, 0.1) is 0 Å². The first-order valence-corrected chi connectivity index (χ1v) is 10.2. The van der Waals surface area contributed by atoms with Crippen molar-refractivity contribution >= 4 is 15.9 Å². The number of methoxy groups -OCH3 is 1. The average molecular weight is 385 g/mol. The van der Waals surface area contributed by atoms with Crippen LogP contribution in [0.3, 0.4) is 0 Å². The molecule has 2 N–H and O–H groups in total. The van der Waals surface area contributed by atoms with Crippen molar-refractivity contribution in [1.29, 1.82) is 0 Å². The summed E-state index contributed by atoms with van der Waals surface area (Å²) in [6.07, 6.45) is 0.670. The van der Waals surface area contributed by atoms with E-state index < -0.39 is 10.0 Å². The molecule has 1 heterocycles. The normalized spacial score (nSPS) is 15.6. The Morgan fingerprint density at radius 3 is 2.65 bits per heavy atom. The minimum atomic E-state index is -3.74. The highest BCUT2D eigenvalue weighted by Gasteiger charge is 2.21. The van der Waals surface area contributed by atoms with E-state index in [4.69, 9.17) is 9.47 Å². The third kappa shape index (κ3) is 5.66. The van der Waals surface area contributed by atoms with Crippen LogP contribution in [0.4, 0.5) is 0 Å². The van der Waals surface area contributed by atoms with E-state index in [1.54, 1.807) is 6.07 Å². The van der Waals surface area contributed by atoms with Crippen molar-refractivity contribution in [3.05, 3.63) is 23.8 Å². The van der Waals surface area contributed by atoms with Gasteiger partial charge in [-0.3, -0.25) is 9.69 Å². The molecule has 0 saturated carbocycles. The first-order valence-electron chi connectivity index (χ1n) is 8.74. The molecule has 0 aliphatic carbocycles. The number of sulfonamides is 1. The van der Waals surface area contributed by atoms with Crippen molar-refractivity contribution in [3.8, 4) is 5.75 Å². The first kappa shape index (κ1) is 20.6. The molecule has 1 aliphatic rings. The molecule has 0 aromatic heterocycles. The summed E-state index contributed by atoms with van der Waals surface area (Å²) >= 11 is 0. The summed E-state index contributed by atoms with van der Waals surface area (Å²) in [6, 6.07) is 4.40. The van der Waals surface area contributed by atoms with Crippen molar-refractivity contribution in [3.63, 3.8) is 0 Å². The highest BCUT2D eigenvalue weighted by Crippen LogP contribution is 2.24. The SMILES string of the molecule is CCCNS(=O)(=O)c1cc(C(=O)NCCN2CCOCC2)ccc1OC. The van der Waals surface area contributed by atoms with Gasteiger partial charge in [-0.15, -0.1) is 0 Å². The van der Waals surface area contributed by atoms with Gasteiger partial charge in [0.05, 0.1) is 20.3 Å². The lowest BCUT2D eigenvalue weighted by molar-refractivity contribution is 0.0383. The third-order valence-corrected chi connectivity index (χ3v) is 5.56. The van der Waals surface area contributed by atoms with Crippen LogP contribution in [0.2, 0.25) is 0 Å². The van der Waals surface area contributed by atoms with Crippen molar-refractivity contribution < 1.29 is 22.7 Å². The van der Waals surface area contributed by atoms with Crippen LogP contribution < -0.4 is 14.8 Å². The van der Waals surface area contributed by atoms with E-state index in [0.717, 1.165) is 19.6 Å². The summed E-state index contributed by atoms with van der Waals surface area (Å²) in [7, 11) is -2.34. The van der Waals surface area contributed by atoms with Crippen LogP contribution >= 0.6 is 0 Å². The topological polar surface area (TPSA) is 97.0 Å². The van der Waals surface area contributed by atoms with Crippen LogP contribution in [0.15, 0.2) is 23.1 Å². The lowest BCUT2D eigenvalue weighted by Gasteiger charge is -2.26. The molecule has 0 spiro atoms. The van der Waals surface area contributed by atoms with Gasteiger partial charge in [-0.25, -0.2) is 13.1 Å². The largest absolute Gasteiger partial charge is 0.495 e. The smallest absolute Gasteiger partial charge is 0.251 e. The number of morpholine rings is 1. The summed E-state index contributed by atoms with van der Waals surface area (Å²) in [5, 5.41) is 2.83. The van der Waals surface area contributed by atoms with Crippen molar-refractivity contribution in [2.45, 2.75) is 18.2 Å². The van der Waals surface area contributed by atoms with E-state index in [1.807, 2.05) is 6.92 Å². The lowest BCUT2D eigenvalue weighted by Crippen LogP contribution is -2.41. The van der Waals surface area contributed by atoms with Gasteiger partial charge in [-0.2, -0.15) is 0 Å². The summed E-state index contributed by atoms with van der Waals surface area (Å²) in [6.45, 7) is 6.53. The molecular formula is C17H27N3O5S. The molecule has 0 unspecified atom stereocenters. The zero-order valence-corrected chi connectivity index (χ0v) is 16.1. The van der Waals surface area contributed by atoms with E-state index in [0.29, 0.717) is 32.7 Å². The second-order valence-electron chi connectivity index (χ2n) is 5.97. The number of ether oxygens (including phenoxy) is 2. The van der Waals surface area contributed by atoms with E-state index in [1.165, 1.54) is 19.2 Å². The van der Waals surface area contributed by atoms with Crippen LogP contribution in [0.25, 0.3) is 0 Å². The maximum atomic E-state index is 12.4. The predicted octanol–water partition coefficient (Wildman–Crippen LogP) is 0.446. The van der Waals surface area contributed by atoms with Gasteiger partial charge in [0.25, 0.3) is 5.91 Å². The number of hydrogen-bond acceptors (Lipinski definition) is 6. The number of benzene rings is 1. The number of carbonyl (C=O) groups excluding carboxylic acids is 1. The maximum Gasteiger partial charge on any atom is 0.251 e. The zero-order valence-electron chi connectivity index (χ0n) is 15.3. The van der Waals surface area contributed by atoms with Crippen LogP contribution in [0.5, 0.6) is 5.75 Å². The molecular weight excluding hydrogens is 358 g/mol. The molecule has 1 aromatic rings. The van der Waals surface area contributed by atoms with Crippen LogP contribution in [-0.4, -0.2) is 72.3 Å². The van der Waals surface area contributed by atoms with E-state index in [-0.39, 0.29) is 22.1 Å². The van der Waals surface area contributed by atoms with Crippen molar-refractivity contribution in [2.24, 2.45) is 0 Å². The summed E-state index contributed by atoms with van der Waals surface area (Å²) in [5.41, 5.74) is 0.282. The minimum absolute atomic E-state index is 0.0331. The molecule has 1 saturated heterocycles. The molecule has 0 bridgehead atoms. The molecule has 1 fully saturated rings. The van der Waals surface area contributed by atoms with E-state index in [9.17, 15) is 13.2 Å². The molecule has 1 amide bonds. The standard InChI is InChI=1S/C17H27N3O5S/c1-3-6-19-26(22,23)16-13-14(4-5-15(16)24-2)17(21)18-7-8-20-9-11-25-12-10-20/h4-5,13,19H,3,6-12H2,1-2H3,(H,18,21). The molecule has 0 radical (unpaired) electrons. The third-order valence-electron chi connectivity index (χ3n) is 4.07. The Labute approximate surface area is 154 Å². The van der Waals surface area contributed by atoms with E-state index >= 15 is 0 Å². The average Bonchev–Trinajstić information content (AvgIpc) is 2.66. The van der Waals surface area contributed by atoms with Gasteiger partial charge in [-0.05, 0) is 24.6 Å². The van der Waals surface area contributed by atoms with Gasteiger partial charge in [-0.1, -0.05) is 6.92 Å². The number of carbonyl (C=O) groups is 1. The minimum Gasteiger partial charge on any atom is -0.495 e. The summed E-state index contributed by atoms with van der Waals surface area (Å²) in [5.74, 6) is -0.105. The van der Waals surface area contributed by atoms with Gasteiger partial charge >= 0.3 is 0 Å². The van der Waals surface area contributed by atoms with Crippen LogP contribution in [0.1, 0.15) is 23.7 Å². The first-order chi connectivity index (χ1) is 12.5. The number of rotatable bonds is 9. The number of nitrogens with one attached hydrogen (secondary N) is 2. The maximum absolute atomic E-state index is 12.4. The fourth-order valence-corrected chi connectivity index (χ4v) is 3.92. The Morgan fingerprint density at radius 1 is 1.27 bits per heavy atom. The van der Waals surface area contributed by atoms with Crippen molar-refractivity contribution in [2.75, 3.05) is 53.0 Å². The number of hydrogen-bond donors (Lipinski definition) is 2. The second kappa shape index (κ2) is 9.86. The highest BCUT2D eigenvalue weighted by atomic mass is 32.2. The molecule has 26 heavy (non-hydrogen) atoms. The Hall–Kier alpha value is -1.68. The van der Waals surface area contributed by atoms with Crippen LogP contribution in [-0.2, 0) is 14.8 Å². The molecule has 1 aliphatic heterocycles. The quantitative estimate of drug-likeness (QED) is 0.641. The summed E-state index contributed by atoms with van der Waals surface area (Å²) < 4.78 is 37.8. The Balaban J connectivity index is 2.04. The van der Waals surface area contributed by atoms with Crippen molar-refractivity contribution in [1.82, 2.24) is 14.9 Å². The van der Waals surface area contributed by atoms with E-state index in [2.05, 4.69) is 14.9 Å². The number of nitrogens with zero attached hydrogens (tertiary/aromatic N) is 1. The van der Waals surface area contributed by atoms with Gasteiger partial charge in [0.2, 0.25) is 10.0 Å². The molecule has 0 atom stereocenters. The van der Waals surface area contributed by atoms with Gasteiger partial charge in [0, 0.05) is 38.3 Å². The molecule has 1 aromatic carbocycles. The second-order valence-corrected chi connectivity index (χ2v) is 7.71. The fourth-order valence-electron chi connectivity index (χ4n) is 2.60. The Morgan fingerprint density at radius 2 is 2.00 bits per heavy atom. The lowest BCUT2D eigenvalue weighted by atomic mass is 10.2. The van der Waals surface area contributed by atoms with Gasteiger partial charge in [0.1, 0.15) is 10.6 Å². The Kier molecular flexibility index (Phi) is 7.83. The Bertz CT molecular complexity index is 702. The summed E-state index contributed by atoms with van der Waals surface area (Å²) in [4.78, 5) is 14.5. The zero-order chi connectivity index (χ0) is 19.0. The number of amides is 1. The molecule has 2 rings (SSSR count). The highest BCUT2D eigenvalue weighted by molar-refractivity contribution is 7.89. The monoisotopic (exact) mass is 385 g/mol. The predicted molar refractivity (Wildman–Crippen MR) is 98.1 cm³/mol. The van der Waals surface area contributed by atoms with Gasteiger partial charge < -0.3 is 14.8 Å². The molecule has 8 nitrogen and oxygen atoms in total. The fraction of sp³-hybridized carbons (Fsp3) is 0.588. The van der Waals surface area contributed by atoms with Gasteiger partial charge in [0.15, 0.2) is 0 Å². The molecule has 9 heteroatoms.